The molecule has 0 bridgehead atoms. The molecular formula is C17H20N4O5S. The van der Waals surface area contributed by atoms with Crippen molar-refractivity contribution in [2.45, 2.75) is 42.8 Å². The van der Waals surface area contributed by atoms with Gasteiger partial charge in [-0.25, -0.2) is 8.42 Å². The van der Waals surface area contributed by atoms with Gasteiger partial charge in [0.05, 0.1) is 4.90 Å². The summed E-state index contributed by atoms with van der Waals surface area (Å²) in [6.07, 6.45) is 0.969. The van der Waals surface area contributed by atoms with Crippen LogP contribution in [0.1, 0.15) is 35.2 Å². The summed E-state index contributed by atoms with van der Waals surface area (Å²) in [5.41, 5.74) is 6.52. The maximum Gasteiger partial charge on any atom is 0.255 e. The fourth-order valence-electron chi connectivity index (χ4n) is 3.91. The van der Waals surface area contributed by atoms with Gasteiger partial charge in [0.2, 0.25) is 21.8 Å². The molecule has 10 heteroatoms. The second-order valence-electron chi connectivity index (χ2n) is 7.09. The molecule has 144 valence electrons. The molecule has 3 aliphatic rings. The van der Waals surface area contributed by atoms with E-state index in [0.29, 0.717) is 18.5 Å². The van der Waals surface area contributed by atoms with E-state index in [-0.39, 0.29) is 48.3 Å². The number of hydrogen-bond donors (Lipinski definition) is 2. The van der Waals surface area contributed by atoms with Gasteiger partial charge in [-0.2, -0.15) is 4.31 Å². The van der Waals surface area contributed by atoms with Crippen LogP contribution in [0.25, 0.3) is 0 Å². The second kappa shape index (κ2) is 6.39. The minimum atomic E-state index is -3.78. The molecule has 3 amide bonds. The number of carbonyl (C=O) groups is 3. The first-order chi connectivity index (χ1) is 12.8. The van der Waals surface area contributed by atoms with Crippen LogP contribution in [0.2, 0.25) is 0 Å². The summed E-state index contributed by atoms with van der Waals surface area (Å²) < 4.78 is 27.4. The van der Waals surface area contributed by atoms with Crippen molar-refractivity contribution in [1.29, 1.82) is 0 Å². The van der Waals surface area contributed by atoms with Crippen LogP contribution in [-0.2, 0) is 26.2 Å². The van der Waals surface area contributed by atoms with Gasteiger partial charge in [-0.15, -0.1) is 0 Å². The monoisotopic (exact) mass is 392 g/mol. The smallest absolute Gasteiger partial charge is 0.255 e. The fraction of sp³-hybridized carbons (Fsp3) is 0.471. The molecule has 2 atom stereocenters. The molecule has 27 heavy (non-hydrogen) atoms. The summed E-state index contributed by atoms with van der Waals surface area (Å²) in [7, 11) is -3.78. The van der Waals surface area contributed by atoms with Crippen LogP contribution in [0.15, 0.2) is 23.1 Å². The third kappa shape index (κ3) is 2.93. The highest BCUT2D eigenvalue weighted by molar-refractivity contribution is 7.89. The SMILES string of the molecule is NC1CCN(S(=O)(=O)c2cccc3c2CN(C2CCC(=O)NC2=O)C3=O)C1. The van der Waals surface area contributed by atoms with Gasteiger partial charge in [0.1, 0.15) is 6.04 Å². The standard InChI is InChI=1S/C17H20N4O5S/c18-10-6-7-20(8-10)27(25,26)14-3-1-2-11-12(14)9-21(17(11)24)13-4-5-15(22)19-16(13)23/h1-3,10,13H,4-9,18H2,(H,19,22,23). The number of fused-ring (bicyclic) bond motifs is 1. The van der Waals surface area contributed by atoms with Crippen molar-refractivity contribution in [3.8, 4) is 0 Å². The van der Waals surface area contributed by atoms with Gasteiger partial charge in [-0.05, 0) is 25.0 Å². The number of imide groups is 1. The van der Waals surface area contributed by atoms with Crippen LogP contribution in [0.5, 0.6) is 0 Å². The molecule has 1 aromatic rings. The molecular weight excluding hydrogens is 372 g/mol. The molecule has 0 spiro atoms. The van der Waals surface area contributed by atoms with Gasteiger partial charge in [0.25, 0.3) is 5.91 Å². The van der Waals surface area contributed by atoms with Gasteiger partial charge in [0.15, 0.2) is 0 Å². The zero-order valence-corrected chi connectivity index (χ0v) is 15.4. The van der Waals surface area contributed by atoms with Crippen molar-refractivity contribution in [3.63, 3.8) is 0 Å². The molecule has 0 aromatic heterocycles. The van der Waals surface area contributed by atoms with E-state index in [1.165, 1.54) is 21.3 Å². The van der Waals surface area contributed by atoms with Gasteiger partial charge >= 0.3 is 0 Å². The van der Waals surface area contributed by atoms with E-state index >= 15 is 0 Å². The summed E-state index contributed by atoms with van der Waals surface area (Å²) in [5.74, 6) is -1.29. The van der Waals surface area contributed by atoms with Crippen molar-refractivity contribution in [3.05, 3.63) is 29.3 Å². The van der Waals surface area contributed by atoms with E-state index in [4.69, 9.17) is 5.73 Å². The lowest BCUT2D eigenvalue weighted by molar-refractivity contribution is -0.136. The van der Waals surface area contributed by atoms with Crippen molar-refractivity contribution < 1.29 is 22.8 Å². The number of hydrogen-bond acceptors (Lipinski definition) is 6. The summed E-state index contributed by atoms with van der Waals surface area (Å²) >= 11 is 0. The molecule has 0 saturated carbocycles. The predicted molar refractivity (Wildman–Crippen MR) is 93.8 cm³/mol. The number of sulfonamides is 1. The molecule has 2 saturated heterocycles. The highest BCUT2D eigenvalue weighted by atomic mass is 32.2. The number of amides is 3. The molecule has 0 aliphatic carbocycles. The molecule has 4 rings (SSSR count). The number of nitrogens with one attached hydrogen (secondary N) is 1. The predicted octanol–water partition coefficient (Wildman–Crippen LogP) is -0.831. The molecule has 3 aliphatic heterocycles. The van der Waals surface area contributed by atoms with Crippen LogP contribution in [-0.4, -0.2) is 60.5 Å². The second-order valence-corrected chi connectivity index (χ2v) is 9.00. The third-order valence-corrected chi connectivity index (χ3v) is 7.29. The zero-order valence-electron chi connectivity index (χ0n) is 14.6. The fourth-order valence-corrected chi connectivity index (χ4v) is 5.66. The Balaban J connectivity index is 1.67. The van der Waals surface area contributed by atoms with E-state index in [1.54, 1.807) is 6.07 Å². The summed E-state index contributed by atoms with van der Waals surface area (Å²) in [6, 6.07) is 3.61. The first-order valence-electron chi connectivity index (χ1n) is 8.81. The van der Waals surface area contributed by atoms with Crippen LogP contribution >= 0.6 is 0 Å². The van der Waals surface area contributed by atoms with Gasteiger partial charge in [-0.3, -0.25) is 19.7 Å². The number of nitrogens with two attached hydrogens (primary N) is 1. The average molecular weight is 392 g/mol. The lowest BCUT2D eigenvalue weighted by Crippen LogP contribution is -2.52. The van der Waals surface area contributed by atoms with E-state index < -0.39 is 27.9 Å². The van der Waals surface area contributed by atoms with E-state index in [1.807, 2.05) is 0 Å². The summed E-state index contributed by atoms with van der Waals surface area (Å²) in [5, 5.41) is 2.24. The van der Waals surface area contributed by atoms with E-state index in [2.05, 4.69) is 5.32 Å². The molecule has 3 N–H and O–H groups in total. The lowest BCUT2D eigenvalue weighted by Gasteiger charge is -2.29. The Hall–Kier alpha value is -2.30. The van der Waals surface area contributed by atoms with Gasteiger partial charge in [0, 0.05) is 43.2 Å². The van der Waals surface area contributed by atoms with E-state index in [9.17, 15) is 22.8 Å². The number of benzene rings is 1. The average Bonchev–Trinajstić information content (AvgIpc) is 3.19. The van der Waals surface area contributed by atoms with Crippen LogP contribution < -0.4 is 11.1 Å². The Bertz CT molecular complexity index is 945. The quantitative estimate of drug-likeness (QED) is 0.646. The number of rotatable bonds is 3. The van der Waals surface area contributed by atoms with E-state index in [0.717, 1.165) is 0 Å². The third-order valence-electron chi connectivity index (χ3n) is 5.34. The largest absolute Gasteiger partial charge is 0.326 e. The van der Waals surface area contributed by atoms with Crippen LogP contribution in [0.3, 0.4) is 0 Å². The number of piperidine rings is 1. The normalized spacial score (nSPS) is 26.4. The maximum atomic E-state index is 13.1. The maximum absolute atomic E-state index is 13.1. The summed E-state index contributed by atoms with van der Waals surface area (Å²) in [4.78, 5) is 37.7. The highest BCUT2D eigenvalue weighted by Crippen LogP contribution is 2.33. The summed E-state index contributed by atoms with van der Waals surface area (Å²) in [6.45, 7) is 0.616. The highest BCUT2D eigenvalue weighted by Gasteiger charge is 2.42. The topological polar surface area (TPSA) is 130 Å². The van der Waals surface area contributed by atoms with Gasteiger partial charge < -0.3 is 10.6 Å². The van der Waals surface area contributed by atoms with Crippen molar-refractivity contribution in [2.75, 3.05) is 13.1 Å². The lowest BCUT2D eigenvalue weighted by atomic mass is 10.0. The molecule has 1 aromatic carbocycles. The zero-order chi connectivity index (χ0) is 19.3. The molecule has 9 nitrogen and oxygen atoms in total. The molecule has 2 fully saturated rings. The van der Waals surface area contributed by atoms with Gasteiger partial charge in [-0.1, -0.05) is 6.07 Å². The Kier molecular flexibility index (Phi) is 4.28. The Morgan fingerprint density at radius 2 is 1.93 bits per heavy atom. The Morgan fingerprint density at radius 3 is 2.59 bits per heavy atom. The van der Waals surface area contributed by atoms with Crippen molar-refractivity contribution >= 4 is 27.7 Å². The van der Waals surface area contributed by atoms with Crippen molar-refractivity contribution in [1.82, 2.24) is 14.5 Å². The Morgan fingerprint density at radius 1 is 1.15 bits per heavy atom. The molecule has 3 heterocycles. The number of carbonyl (C=O) groups excluding carboxylic acids is 3. The first kappa shape index (κ1) is 18.1. The van der Waals surface area contributed by atoms with Crippen molar-refractivity contribution in [2.24, 2.45) is 5.73 Å². The molecule has 0 radical (unpaired) electrons. The Labute approximate surface area is 156 Å². The number of nitrogens with zero attached hydrogens (tertiary/aromatic N) is 2. The van der Waals surface area contributed by atoms with Crippen LogP contribution in [0.4, 0.5) is 0 Å². The van der Waals surface area contributed by atoms with Crippen LogP contribution in [0, 0.1) is 0 Å². The minimum absolute atomic E-state index is 0.0236. The first-order valence-corrected chi connectivity index (χ1v) is 10.3. The molecule has 2 unspecified atom stereocenters. The minimum Gasteiger partial charge on any atom is -0.326 e.